The monoisotopic (exact) mass is 394 g/mol. The van der Waals surface area contributed by atoms with Gasteiger partial charge in [-0.1, -0.05) is 11.6 Å². The molecule has 1 N–H and O–H groups in total. The number of hydrogen-bond donors (Lipinski definition) is 1. The number of halogens is 1. The highest BCUT2D eigenvalue weighted by atomic mass is 35.5. The van der Waals surface area contributed by atoms with E-state index in [0.717, 1.165) is 11.3 Å². The van der Waals surface area contributed by atoms with Crippen LogP contribution in [0.2, 0.25) is 5.02 Å². The van der Waals surface area contributed by atoms with Gasteiger partial charge in [-0.15, -0.1) is 0 Å². The number of aryl methyl sites for hydroxylation is 1. The Morgan fingerprint density at radius 3 is 2.73 bits per heavy atom. The minimum atomic E-state index is -3.06. The number of carbonyl (C=O) groups is 1. The quantitative estimate of drug-likeness (QED) is 0.856. The Bertz CT molecular complexity index is 949. The molecule has 0 saturated carbocycles. The third-order valence-corrected chi connectivity index (χ3v) is 6.40. The van der Waals surface area contributed by atoms with Crippen LogP contribution >= 0.6 is 11.6 Å². The highest BCUT2D eigenvalue weighted by Gasteiger charge is 2.33. The number of carbonyl (C=O) groups excluding carboxylic acids is 1. The molecule has 9 heteroatoms. The summed E-state index contributed by atoms with van der Waals surface area (Å²) in [5.41, 5.74) is 1.97. The summed E-state index contributed by atoms with van der Waals surface area (Å²) in [6.45, 7) is 1.91. The zero-order chi connectivity index (χ0) is 18.9. The number of anilines is 2. The molecule has 1 aromatic heterocycles. The Morgan fingerprint density at radius 1 is 1.31 bits per heavy atom. The second-order valence-electron chi connectivity index (χ2n) is 6.35. The van der Waals surface area contributed by atoms with Crippen LogP contribution in [-0.4, -0.2) is 53.8 Å². The molecule has 1 atom stereocenters. The second kappa shape index (κ2) is 7.20. The van der Waals surface area contributed by atoms with Crippen LogP contribution in [0.5, 0.6) is 0 Å². The van der Waals surface area contributed by atoms with E-state index >= 15 is 0 Å². The number of hydrogen-bond acceptors (Lipinski definition) is 6. The maximum Gasteiger partial charge on any atom is 0.272 e. The number of sulfone groups is 1. The molecule has 1 fully saturated rings. The molecular weight excluding hydrogens is 376 g/mol. The van der Waals surface area contributed by atoms with Crippen molar-refractivity contribution < 1.29 is 13.2 Å². The molecule has 1 amide bonds. The third-order valence-electron chi connectivity index (χ3n) is 4.41. The molecular formula is C17H19ClN4O3S. The van der Waals surface area contributed by atoms with E-state index in [1.165, 1.54) is 11.2 Å². The van der Waals surface area contributed by atoms with Gasteiger partial charge in [0.15, 0.2) is 9.84 Å². The fourth-order valence-corrected chi connectivity index (χ4v) is 4.88. The minimum absolute atomic E-state index is 0.00456. The maximum atomic E-state index is 12.7. The molecule has 0 spiro atoms. The van der Waals surface area contributed by atoms with Gasteiger partial charge in [0.05, 0.1) is 11.5 Å². The molecule has 1 unspecified atom stereocenters. The maximum absolute atomic E-state index is 12.7. The van der Waals surface area contributed by atoms with Gasteiger partial charge in [-0.25, -0.2) is 18.4 Å². The van der Waals surface area contributed by atoms with Gasteiger partial charge in [0.25, 0.3) is 5.91 Å². The van der Waals surface area contributed by atoms with Crippen molar-refractivity contribution in [1.82, 2.24) is 14.9 Å². The van der Waals surface area contributed by atoms with Gasteiger partial charge >= 0.3 is 0 Å². The molecule has 0 bridgehead atoms. The molecule has 0 aliphatic carbocycles. The topological polar surface area (TPSA) is 92.3 Å². The Balaban J connectivity index is 1.77. The standard InChI is InChI=1S/C17H19ClN4O3S/c1-11-7-12(18)3-4-14(11)21-16-8-15(19-10-20-16)17(23)22(2)13-5-6-26(24,25)9-13/h3-4,7-8,10,13H,5-6,9H2,1-2H3,(H,19,20,21). The summed E-state index contributed by atoms with van der Waals surface area (Å²) in [5, 5.41) is 3.78. The summed E-state index contributed by atoms with van der Waals surface area (Å²) in [5.74, 6) is 0.253. The number of nitrogens with zero attached hydrogens (tertiary/aromatic N) is 3. The summed E-state index contributed by atoms with van der Waals surface area (Å²) in [7, 11) is -1.46. The van der Waals surface area contributed by atoms with Crippen LogP contribution in [0.15, 0.2) is 30.6 Å². The molecule has 1 saturated heterocycles. The lowest BCUT2D eigenvalue weighted by Crippen LogP contribution is -2.38. The summed E-state index contributed by atoms with van der Waals surface area (Å²) >= 11 is 5.96. The Morgan fingerprint density at radius 2 is 2.08 bits per heavy atom. The smallest absolute Gasteiger partial charge is 0.272 e. The van der Waals surface area contributed by atoms with Crippen LogP contribution in [0.25, 0.3) is 0 Å². The van der Waals surface area contributed by atoms with E-state index in [1.54, 1.807) is 19.2 Å². The first-order valence-electron chi connectivity index (χ1n) is 8.08. The summed E-state index contributed by atoms with van der Waals surface area (Å²) in [4.78, 5) is 22.3. The first-order valence-corrected chi connectivity index (χ1v) is 10.3. The summed E-state index contributed by atoms with van der Waals surface area (Å²) in [6, 6.07) is 6.65. The van der Waals surface area contributed by atoms with Crippen molar-refractivity contribution in [2.24, 2.45) is 0 Å². The highest BCUT2D eigenvalue weighted by Crippen LogP contribution is 2.23. The van der Waals surface area contributed by atoms with Crippen LogP contribution in [0.3, 0.4) is 0 Å². The van der Waals surface area contributed by atoms with E-state index < -0.39 is 9.84 Å². The van der Waals surface area contributed by atoms with Crippen LogP contribution in [0.4, 0.5) is 11.5 Å². The van der Waals surface area contributed by atoms with E-state index in [9.17, 15) is 13.2 Å². The fraction of sp³-hybridized carbons (Fsp3) is 0.353. The fourth-order valence-electron chi connectivity index (χ4n) is 2.88. The zero-order valence-electron chi connectivity index (χ0n) is 14.4. The lowest BCUT2D eigenvalue weighted by atomic mass is 10.2. The first-order chi connectivity index (χ1) is 12.2. The first kappa shape index (κ1) is 18.6. The van der Waals surface area contributed by atoms with Crippen LogP contribution < -0.4 is 5.32 Å². The summed E-state index contributed by atoms with van der Waals surface area (Å²) < 4.78 is 23.3. The molecule has 26 heavy (non-hydrogen) atoms. The number of nitrogens with one attached hydrogen (secondary N) is 1. The Labute approximate surface area is 157 Å². The zero-order valence-corrected chi connectivity index (χ0v) is 16.0. The van der Waals surface area contributed by atoms with E-state index in [0.29, 0.717) is 17.3 Å². The average molecular weight is 395 g/mol. The molecule has 2 aromatic rings. The molecule has 2 heterocycles. The number of aromatic nitrogens is 2. The van der Waals surface area contributed by atoms with Crippen molar-refractivity contribution >= 4 is 38.9 Å². The van der Waals surface area contributed by atoms with Gasteiger partial charge in [0.1, 0.15) is 17.8 Å². The predicted octanol–water partition coefficient (Wildman–Crippen LogP) is 2.44. The molecule has 1 aliphatic rings. The van der Waals surface area contributed by atoms with Gasteiger partial charge in [-0.3, -0.25) is 4.79 Å². The van der Waals surface area contributed by atoms with Crippen LogP contribution in [-0.2, 0) is 9.84 Å². The molecule has 1 aliphatic heterocycles. The third kappa shape index (κ3) is 4.13. The Kier molecular flexibility index (Phi) is 5.15. The predicted molar refractivity (Wildman–Crippen MR) is 101 cm³/mol. The van der Waals surface area contributed by atoms with Crippen LogP contribution in [0, 0.1) is 6.92 Å². The summed E-state index contributed by atoms with van der Waals surface area (Å²) in [6.07, 6.45) is 1.75. The van der Waals surface area contributed by atoms with Crippen molar-refractivity contribution in [3.8, 4) is 0 Å². The van der Waals surface area contributed by atoms with Crippen molar-refractivity contribution in [2.75, 3.05) is 23.9 Å². The number of amides is 1. The normalized spacial score (nSPS) is 18.5. The Hall–Kier alpha value is -2.19. The SMILES string of the molecule is Cc1cc(Cl)ccc1Nc1cc(C(=O)N(C)C2CCS(=O)(=O)C2)ncn1. The second-order valence-corrected chi connectivity index (χ2v) is 9.01. The van der Waals surface area contributed by atoms with Gasteiger partial charge < -0.3 is 10.2 Å². The lowest BCUT2D eigenvalue weighted by Gasteiger charge is -2.23. The van der Waals surface area contributed by atoms with Gasteiger partial charge in [-0.05, 0) is 37.1 Å². The molecule has 138 valence electrons. The van der Waals surface area contributed by atoms with Gasteiger partial charge in [0, 0.05) is 29.9 Å². The van der Waals surface area contributed by atoms with E-state index in [4.69, 9.17) is 11.6 Å². The van der Waals surface area contributed by atoms with Crippen molar-refractivity contribution in [1.29, 1.82) is 0 Å². The molecule has 3 rings (SSSR count). The van der Waals surface area contributed by atoms with Crippen molar-refractivity contribution in [2.45, 2.75) is 19.4 Å². The van der Waals surface area contributed by atoms with E-state index in [2.05, 4.69) is 15.3 Å². The average Bonchev–Trinajstić information content (AvgIpc) is 2.96. The van der Waals surface area contributed by atoms with Crippen molar-refractivity contribution in [3.63, 3.8) is 0 Å². The minimum Gasteiger partial charge on any atom is -0.340 e. The van der Waals surface area contributed by atoms with E-state index in [-0.39, 0.29) is 29.1 Å². The lowest BCUT2D eigenvalue weighted by molar-refractivity contribution is 0.0741. The van der Waals surface area contributed by atoms with Crippen molar-refractivity contribution in [3.05, 3.63) is 46.9 Å². The van der Waals surface area contributed by atoms with Gasteiger partial charge in [0.2, 0.25) is 0 Å². The van der Waals surface area contributed by atoms with Gasteiger partial charge in [-0.2, -0.15) is 0 Å². The highest BCUT2D eigenvalue weighted by molar-refractivity contribution is 7.91. The largest absolute Gasteiger partial charge is 0.340 e. The number of rotatable bonds is 4. The van der Waals surface area contributed by atoms with Crippen LogP contribution in [0.1, 0.15) is 22.5 Å². The molecule has 7 nitrogen and oxygen atoms in total. The number of benzene rings is 1. The molecule has 1 aromatic carbocycles. The molecule has 0 radical (unpaired) electrons. The van der Waals surface area contributed by atoms with E-state index in [1.807, 2.05) is 19.1 Å².